The van der Waals surface area contributed by atoms with Crippen LogP contribution >= 0.6 is 0 Å². The molecule has 0 aliphatic heterocycles. The Hall–Kier alpha value is -3.91. The quantitative estimate of drug-likeness (QED) is 0.205. The van der Waals surface area contributed by atoms with Gasteiger partial charge in [-0.25, -0.2) is 0 Å². The Kier molecular flexibility index (Phi) is 3.25. The minimum absolute atomic E-state index is 0.305. The lowest BCUT2D eigenvalue weighted by Gasteiger charge is -2.25. The Labute approximate surface area is 185 Å². The van der Waals surface area contributed by atoms with Crippen LogP contribution in [-0.4, -0.2) is 10.1 Å². The molecule has 5 aromatic carbocycles. The largest absolute Gasteiger partial charge is 0.507 e. The van der Waals surface area contributed by atoms with Crippen molar-refractivity contribution in [3.63, 3.8) is 0 Å². The molecule has 2 nitrogen and oxygen atoms in total. The molecule has 2 heteroatoms. The first-order valence-electron chi connectivity index (χ1n) is 11.0. The minimum Gasteiger partial charge on any atom is -0.507 e. The van der Waals surface area contributed by atoms with E-state index in [1.54, 1.807) is 0 Å². The number of hydrogen-bond acceptors (Lipinski definition) is 2. The predicted molar refractivity (Wildman–Crippen MR) is 133 cm³/mol. The topological polar surface area (TPSA) is 33.1 Å². The number of phenols is 1. The molecule has 152 valence electrons. The molecule has 6 aromatic rings. The van der Waals surface area contributed by atoms with Gasteiger partial charge in [0.2, 0.25) is 0 Å². The highest BCUT2D eigenvalue weighted by Gasteiger charge is 2.41. The molecule has 1 heterocycles. The Morgan fingerprint density at radius 2 is 1.34 bits per heavy atom. The number of phenolic OH excluding ortho intramolecular Hbond substituents is 1. The molecule has 1 aromatic heterocycles. The van der Waals surface area contributed by atoms with Gasteiger partial charge in [-0.05, 0) is 67.0 Å². The third kappa shape index (κ3) is 2.12. The number of hydrogen-bond donors (Lipinski definition) is 1. The van der Waals surface area contributed by atoms with Crippen molar-refractivity contribution in [2.75, 3.05) is 0 Å². The van der Waals surface area contributed by atoms with Gasteiger partial charge >= 0.3 is 0 Å². The summed E-state index contributed by atoms with van der Waals surface area (Å²) >= 11 is 0. The van der Waals surface area contributed by atoms with Crippen molar-refractivity contribution in [2.45, 2.75) is 19.3 Å². The fourth-order valence-corrected chi connectivity index (χ4v) is 5.88. The van der Waals surface area contributed by atoms with E-state index in [1.807, 2.05) is 12.3 Å². The molecule has 0 radical (unpaired) electrons. The van der Waals surface area contributed by atoms with Gasteiger partial charge in [0.15, 0.2) is 0 Å². The first-order chi connectivity index (χ1) is 15.5. The van der Waals surface area contributed by atoms with E-state index in [2.05, 4.69) is 86.6 Å². The highest BCUT2D eigenvalue weighted by molar-refractivity contribution is 6.15. The molecule has 7 rings (SSSR count). The highest BCUT2D eigenvalue weighted by atomic mass is 16.3. The molecule has 32 heavy (non-hydrogen) atoms. The van der Waals surface area contributed by atoms with E-state index >= 15 is 0 Å². The van der Waals surface area contributed by atoms with Crippen molar-refractivity contribution in [3.8, 4) is 17.0 Å². The van der Waals surface area contributed by atoms with Gasteiger partial charge in [-0.1, -0.05) is 74.5 Å². The van der Waals surface area contributed by atoms with Crippen LogP contribution in [0, 0.1) is 0 Å². The molecule has 0 amide bonds. The van der Waals surface area contributed by atoms with E-state index in [9.17, 15) is 5.11 Å². The summed E-state index contributed by atoms with van der Waals surface area (Å²) in [6.07, 6.45) is 1.96. The number of fused-ring (bicyclic) bond motifs is 10. The van der Waals surface area contributed by atoms with Crippen molar-refractivity contribution < 1.29 is 5.11 Å². The van der Waals surface area contributed by atoms with Crippen LogP contribution in [0.15, 0.2) is 85.1 Å². The maximum atomic E-state index is 11.2. The van der Waals surface area contributed by atoms with Crippen molar-refractivity contribution in [1.29, 1.82) is 0 Å². The van der Waals surface area contributed by atoms with Gasteiger partial charge in [0, 0.05) is 22.6 Å². The SMILES string of the molecule is CC1(C)c2c(ncc3cc4ccccc4cc23)-c2c(O)cc3ccc4ccccc4c3c21. The summed E-state index contributed by atoms with van der Waals surface area (Å²) in [5.74, 6) is 0.308. The lowest BCUT2D eigenvalue weighted by atomic mass is 9.77. The fraction of sp³-hybridized carbons (Fsp3) is 0.100. The summed E-state index contributed by atoms with van der Waals surface area (Å²) < 4.78 is 0. The minimum atomic E-state index is -0.305. The Morgan fingerprint density at radius 3 is 2.16 bits per heavy atom. The van der Waals surface area contributed by atoms with Crippen LogP contribution in [0.25, 0.3) is 54.3 Å². The zero-order chi connectivity index (χ0) is 21.6. The van der Waals surface area contributed by atoms with Crippen molar-refractivity contribution >= 4 is 43.1 Å². The Bertz CT molecular complexity index is 1760. The monoisotopic (exact) mass is 411 g/mol. The van der Waals surface area contributed by atoms with Crippen LogP contribution < -0.4 is 0 Å². The van der Waals surface area contributed by atoms with Gasteiger partial charge in [0.05, 0.1) is 5.69 Å². The smallest absolute Gasteiger partial charge is 0.125 e. The van der Waals surface area contributed by atoms with Crippen LogP contribution in [0.1, 0.15) is 25.0 Å². The number of aromatic nitrogens is 1. The number of nitrogens with zero attached hydrogens (tertiary/aromatic N) is 1. The third-order valence-corrected chi connectivity index (χ3v) is 7.25. The molecule has 0 fully saturated rings. The van der Waals surface area contributed by atoms with Crippen molar-refractivity contribution in [1.82, 2.24) is 4.98 Å². The Morgan fingerprint density at radius 1 is 0.656 bits per heavy atom. The van der Waals surface area contributed by atoms with Gasteiger partial charge in [-0.3, -0.25) is 4.98 Å². The first kappa shape index (κ1) is 17.7. The number of benzene rings is 5. The summed E-state index contributed by atoms with van der Waals surface area (Å²) in [7, 11) is 0. The van der Waals surface area contributed by atoms with E-state index in [-0.39, 0.29) is 5.41 Å². The normalized spacial score (nSPS) is 14.3. The molecular formula is C30H21NO. The lowest BCUT2D eigenvalue weighted by molar-refractivity contribution is 0.477. The summed E-state index contributed by atoms with van der Waals surface area (Å²) in [6.45, 7) is 4.54. The summed E-state index contributed by atoms with van der Waals surface area (Å²) in [5.41, 5.74) is 3.85. The molecule has 0 saturated carbocycles. The van der Waals surface area contributed by atoms with Crippen LogP contribution in [0.3, 0.4) is 0 Å². The summed E-state index contributed by atoms with van der Waals surface area (Å²) in [5, 5.41) is 20.7. The fourth-order valence-electron chi connectivity index (χ4n) is 5.88. The van der Waals surface area contributed by atoms with E-state index in [1.165, 1.54) is 43.4 Å². The predicted octanol–water partition coefficient (Wildman–Crippen LogP) is 7.71. The van der Waals surface area contributed by atoms with Crippen LogP contribution in [0.2, 0.25) is 0 Å². The average molecular weight is 412 g/mol. The zero-order valence-electron chi connectivity index (χ0n) is 18.0. The maximum absolute atomic E-state index is 11.2. The molecule has 0 spiro atoms. The average Bonchev–Trinajstić information content (AvgIpc) is 3.05. The van der Waals surface area contributed by atoms with Gasteiger partial charge in [0.1, 0.15) is 5.75 Å². The standard InChI is InChI=1S/C30H21NO/c1-30(2)27-23-14-19-9-4-3-8-18(19)13-21(23)16-31-29(27)26-24(32)15-20-12-11-17-7-5-6-10-22(17)25(20)28(26)30/h3-16,32H,1-2H3. The second-order valence-corrected chi connectivity index (χ2v) is 9.42. The lowest BCUT2D eigenvalue weighted by Crippen LogP contribution is -2.16. The van der Waals surface area contributed by atoms with Gasteiger partial charge in [0.25, 0.3) is 0 Å². The summed E-state index contributed by atoms with van der Waals surface area (Å²) in [6, 6.07) is 27.7. The van der Waals surface area contributed by atoms with E-state index in [0.717, 1.165) is 22.0 Å². The second-order valence-electron chi connectivity index (χ2n) is 9.42. The van der Waals surface area contributed by atoms with E-state index < -0.39 is 0 Å². The third-order valence-electron chi connectivity index (χ3n) is 7.25. The van der Waals surface area contributed by atoms with Gasteiger partial charge < -0.3 is 5.11 Å². The highest BCUT2D eigenvalue weighted by Crippen LogP contribution is 2.56. The van der Waals surface area contributed by atoms with Crippen molar-refractivity contribution in [3.05, 3.63) is 96.2 Å². The molecular weight excluding hydrogens is 390 g/mol. The number of aromatic hydroxyl groups is 1. The van der Waals surface area contributed by atoms with Crippen LogP contribution in [0.5, 0.6) is 5.75 Å². The Balaban J connectivity index is 1.68. The molecule has 0 bridgehead atoms. The van der Waals surface area contributed by atoms with Gasteiger partial charge in [-0.15, -0.1) is 0 Å². The second kappa shape index (κ2) is 5.86. The number of pyridine rings is 1. The van der Waals surface area contributed by atoms with Gasteiger partial charge in [-0.2, -0.15) is 0 Å². The zero-order valence-corrected chi connectivity index (χ0v) is 18.0. The van der Waals surface area contributed by atoms with E-state index in [4.69, 9.17) is 4.98 Å². The molecule has 1 aliphatic rings. The van der Waals surface area contributed by atoms with Crippen molar-refractivity contribution in [2.24, 2.45) is 0 Å². The van der Waals surface area contributed by atoms with Crippen LogP contribution in [-0.2, 0) is 5.41 Å². The maximum Gasteiger partial charge on any atom is 0.125 e. The summed E-state index contributed by atoms with van der Waals surface area (Å²) in [4.78, 5) is 4.92. The first-order valence-corrected chi connectivity index (χ1v) is 11.0. The molecule has 1 N–H and O–H groups in total. The molecule has 1 aliphatic carbocycles. The van der Waals surface area contributed by atoms with E-state index in [0.29, 0.717) is 5.75 Å². The molecule has 0 atom stereocenters. The molecule has 0 saturated heterocycles. The number of rotatable bonds is 0. The van der Waals surface area contributed by atoms with Crippen LogP contribution in [0.4, 0.5) is 0 Å². The molecule has 0 unspecified atom stereocenters.